The topological polar surface area (TPSA) is 39.2 Å². The third kappa shape index (κ3) is 3.35. The Bertz CT molecular complexity index is 429. The predicted molar refractivity (Wildman–Crippen MR) is 62.8 cm³/mol. The molecule has 0 spiro atoms. The number of pyridine rings is 1. The van der Waals surface area contributed by atoms with Crippen molar-refractivity contribution in [3.63, 3.8) is 0 Å². The molecule has 3 nitrogen and oxygen atoms in total. The van der Waals surface area contributed by atoms with Crippen molar-refractivity contribution in [1.82, 2.24) is 4.98 Å². The zero-order valence-electron chi connectivity index (χ0n) is 8.84. The van der Waals surface area contributed by atoms with Crippen LogP contribution in [-0.2, 0) is 10.1 Å². The summed E-state index contributed by atoms with van der Waals surface area (Å²) in [7, 11) is 0. The lowest BCUT2D eigenvalue weighted by molar-refractivity contribution is 0.0525. The van der Waals surface area contributed by atoms with Gasteiger partial charge in [0.2, 0.25) is 0 Å². The molecule has 0 aliphatic carbocycles. The molecule has 7 heteroatoms. The fourth-order valence-electron chi connectivity index (χ4n) is 1.16. The highest BCUT2D eigenvalue weighted by molar-refractivity contribution is 9.08. The normalized spacial score (nSPS) is 10.7. The van der Waals surface area contributed by atoms with Gasteiger partial charge in [-0.3, -0.25) is 0 Å². The molecule has 0 unspecified atom stereocenters. The average Bonchev–Trinajstić information content (AvgIpc) is 2.29. The lowest BCUT2D eigenvalue weighted by Crippen LogP contribution is -2.09. The van der Waals surface area contributed by atoms with E-state index < -0.39 is 18.1 Å². The first-order valence-electron chi connectivity index (χ1n) is 4.71. The van der Waals surface area contributed by atoms with Gasteiger partial charge in [0.15, 0.2) is 0 Å². The van der Waals surface area contributed by atoms with Crippen LogP contribution < -0.4 is 0 Å². The van der Waals surface area contributed by atoms with E-state index in [0.717, 1.165) is 6.07 Å². The summed E-state index contributed by atoms with van der Waals surface area (Å²) in [5.74, 6) is -0.732. The van der Waals surface area contributed by atoms with Gasteiger partial charge >= 0.3 is 5.97 Å². The summed E-state index contributed by atoms with van der Waals surface area (Å²) < 4.78 is 29.9. The largest absolute Gasteiger partial charge is 0.462 e. The van der Waals surface area contributed by atoms with E-state index in [-0.39, 0.29) is 28.2 Å². The molecule has 0 fully saturated rings. The highest BCUT2D eigenvalue weighted by atomic mass is 79.9. The number of ether oxygens (including phenoxy) is 1. The van der Waals surface area contributed by atoms with Gasteiger partial charge in [-0.15, -0.1) is 0 Å². The van der Waals surface area contributed by atoms with Gasteiger partial charge in [0.05, 0.1) is 22.9 Å². The summed E-state index contributed by atoms with van der Waals surface area (Å²) in [6.45, 7) is 1.76. The standard InChI is InChI=1S/C10H9BrClF2NO2/c1-2-17-10(16)5-3-6(9(13)14)15-7(4-11)8(5)12/h3,9H,2,4H2,1H3. The number of carbonyl (C=O) groups is 1. The maximum atomic E-state index is 12.6. The van der Waals surface area contributed by atoms with Crippen LogP contribution >= 0.6 is 27.5 Å². The minimum Gasteiger partial charge on any atom is -0.462 e. The summed E-state index contributed by atoms with van der Waals surface area (Å²) in [6.07, 6.45) is -2.77. The molecule has 1 aromatic rings. The first-order chi connectivity index (χ1) is 8.01. The van der Waals surface area contributed by atoms with Gasteiger partial charge in [-0.05, 0) is 13.0 Å². The van der Waals surface area contributed by atoms with E-state index in [9.17, 15) is 13.6 Å². The smallest absolute Gasteiger partial charge is 0.339 e. The quantitative estimate of drug-likeness (QED) is 0.624. The maximum absolute atomic E-state index is 12.6. The first kappa shape index (κ1) is 14.3. The van der Waals surface area contributed by atoms with Gasteiger partial charge in [0.25, 0.3) is 6.43 Å². The second-order valence-electron chi connectivity index (χ2n) is 3.01. The number of nitrogens with zero attached hydrogens (tertiary/aromatic N) is 1. The Hall–Kier alpha value is -0.750. The molecule has 0 N–H and O–H groups in total. The fraction of sp³-hybridized carbons (Fsp3) is 0.400. The minimum atomic E-state index is -2.77. The monoisotopic (exact) mass is 327 g/mol. The van der Waals surface area contributed by atoms with Crippen molar-refractivity contribution in [2.24, 2.45) is 0 Å². The summed E-state index contributed by atoms with van der Waals surface area (Å²) in [4.78, 5) is 15.2. The van der Waals surface area contributed by atoms with E-state index in [4.69, 9.17) is 16.3 Å². The van der Waals surface area contributed by atoms with Crippen LogP contribution in [0, 0.1) is 0 Å². The summed E-state index contributed by atoms with van der Waals surface area (Å²) >= 11 is 8.95. The van der Waals surface area contributed by atoms with Gasteiger partial charge in [-0.2, -0.15) is 0 Å². The Morgan fingerprint density at radius 3 is 2.76 bits per heavy atom. The number of esters is 1. The molecule has 1 rings (SSSR count). The number of hydrogen-bond acceptors (Lipinski definition) is 3. The minimum absolute atomic E-state index is 0.0322. The predicted octanol–water partition coefficient (Wildman–Crippen LogP) is 3.74. The summed E-state index contributed by atoms with van der Waals surface area (Å²) in [5.41, 5.74) is -0.396. The van der Waals surface area contributed by atoms with Gasteiger partial charge in [0, 0.05) is 5.33 Å². The van der Waals surface area contributed by atoms with Crippen LogP contribution in [0.5, 0.6) is 0 Å². The molecule has 0 saturated carbocycles. The van der Waals surface area contributed by atoms with E-state index >= 15 is 0 Å². The first-order valence-corrected chi connectivity index (χ1v) is 6.21. The Morgan fingerprint density at radius 2 is 2.29 bits per heavy atom. The zero-order valence-corrected chi connectivity index (χ0v) is 11.2. The van der Waals surface area contributed by atoms with Crippen molar-refractivity contribution >= 4 is 33.5 Å². The number of alkyl halides is 3. The van der Waals surface area contributed by atoms with E-state index in [1.807, 2.05) is 0 Å². The summed E-state index contributed by atoms with van der Waals surface area (Å²) in [5, 5.41) is 0.212. The molecule has 0 aliphatic heterocycles. The molecule has 0 bridgehead atoms. The molecule has 1 aromatic heterocycles. The molecule has 0 amide bonds. The molecule has 94 valence electrons. The van der Waals surface area contributed by atoms with E-state index in [2.05, 4.69) is 20.9 Å². The van der Waals surface area contributed by atoms with Crippen LogP contribution in [0.15, 0.2) is 6.07 Å². The fourth-order valence-corrected chi connectivity index (χ4v) is 1.97. The third-order valence-electron chi connectivity index (χ3n) is 1.89. The van der Waals surface area contributed by atoms with Gasteiger partial charge < -0.3 is 4.74 Å². The molecular formula is C10H9BrClF2NO2. The van der Waals surface area contributed by atoms with Crippen LogP contribution in [0.4, 0.5) is 8.78 Å². The van der Waals surface area contributed by atoms with Crippen LogP contribution in [0.25, 0.3) is 0 Å². The van der Waals surface area contributed by atoms with Crippen LogP contribution in [0.3, 0.4) is 0 Å². The van der Waals surface area contributed by atoms with E-state index in [0.29, 0.717) is 0 Å². The van der Waals surface area contributed by atoms with Crippen molar-refractivity contribution in [1.29, 1.82) is 0 Å². The van der Waals surface area contributed by atoms with E-state index in [1.165, 1.54) is 0 Å². The average molecular weight is 329 g/mol. The number of hydrogen-bond donors (Lipinski definition) is 0. The van der Waals surface area contributed by atoms with Gasteiger partial charge in [-0.25, -0.2) is 18.6 Å². The van der Waals surface area contributed by atoms with Crippen molar-refractivity contribution in [3.8, 4) is 0 Å². The molecule has 0 radical (unpaired) electrons. The number of rotatable bonds is 4. The lowest BCUT2D eigenvalue weighted by Gasteiger charge is -2.09. The molecular weight excluding hydrogens is 319 g/mol. The molecule has 1 heterocycles. The van der Waals surface area contributed by atoms with E-state index in [1.54, 1.807) is 6.92 Å². The zero-order chi connectivity index (χ0) is 13.0. The Balaban J connectivity index is 3.27. The number of carbonyl (C=O) groups excluding carboxylic acids is 1. The summed E-state index contributed by atoms with van der Waals surface area (Å²) in [6, 6.07) is 0.956. The second kappa shape index (κ2) is 6.26. The third-order valence-corrected chi connectivity index (χ3v) is 2.84. The van der Waals surface area contributed by atoms with Crippen LogP contribution in [0.1, 0.15) is 35.1 Å². The van der Waals surface area contributed by atoms with Crippen LogP contribution in [0.2, 0.25) is 5.02 Å². The van der Waals surface area contributed by atoms with Gasteiger partial charge in [-0.1, -0.05) is 27.5 Å². The second-order valence-corrected chi connectivity index (χ2v) is 3.95. The van der Waals surface area contributed by atoms with Crippen molar-refractivity contribution in [2.75, 3.05) is 6.61 Å². The molecule has 0 aromatic carbocycles. The highest BCUT2D eigenvalue weighted by Crippen LogP contribution is 2.27. The molecule has 0 saturated heterocycles. The number of halogens is 4. The molecule has 17 heavy (non-hydrogen) atoms. The lowest BCUT2D eigenvalue weighted by atomic mass is 10.2. The SMILES string of the molecule is CCOC(=O)c1cc(C(F)F)nc(CBr)c1Cl. The van der Waals surface area contributed by atoms with Gasteiger partial charge in [0.1, 0.15) is 5.69 Å². The molecule has 0 atom stereocenters. The number of aromatic nitrogens is 1. The van der Waals surface area contributed by atoms with Crippen molar-refractivity contribution in [2.45, 2.75) is 18.7 Å². The Morgan fingerprint density at radius 1 is 1.65 bits per heavy atom. The van der Waals surface area contributed by atoms with Crippen molar-refractivity contribution in [3.05, 3.63) is 28.0 Å². The molecule has 0 aliphatic rings. The van der Waals surface area contributed by atoms with Crippen molar-refractivity contribution < 1.29 is 18.3 Å². The maximum Gasteiger partial charge on any atom is 0.339 e. The Labute approximate surface area is 110 Å². The Kier molecular flexibility index (Phi) is 5.27. The highest BCUT2D eigenvalue weighted by Gasteiger charge is 2.20. The van der Waals surface area contributed by atoms with Crippen LogP contribution in [-0.4, -0.2) is 17.6 Å².